The van der Waals surface area contributed by atoms with Crippen molar-refractivity contribution in [3.8, 4) is 11.1 Å². The van der Waals surface area contributed by atoms with Crippen molar-refractivity contribution in [2.75, 3.05) is 0 Å². The average Bonchev–Trinajstić information content (AvgIpc) is 2.36. The molecule has 0 aliphatic carbocycles. The van der Waals surface area contributed by atoms with Crippen LogP contribution < -0.4 is 0 Å². The van der Waals surface area contributed by atoms with Crippen molar-refractivity contribution in [1.82, 2.24) is 0 Å². The molecular weight excluding hydrogens is 278 g/mol. The lowest BCUT2D eigenvalue weighted by molar-refractivity contribution is 0.548. The van der Waals surface area contributed by atoms with E-state index in [0.717, 1.165) is 5.56 Å². The second kappa shape index (κ2) is 5.49. The Morgan fingerprint density at radius 1 is 0.636 bits per heavy atom. The van der Waals surface area contributed by atoms with E-state index in [1.54, 1.807) is 12.1 Å². The highest BCUT2D eigenvalue weighted by atomic mass is 19.1. The van der Waals surface area contributed by atoms with Gasteiger partial charge in [-0.3, -0.25) is 0 Å². The molecule has 0 N–H and O–H groups in total. The first-order valence-corrected chi connectivity index (χ1v) is 7.60. The molecule has 0 unspecified atom stereocenters. The van der Waals surface area contributed by atoms with Crippen LogP contribution in [0.1, 0.15) is 52.7 Å². The van der Waals surface area contributed by atoms with E-state index in [-0.39, 0.29) is 16.4 Å². The highest BCUT2D eigenvalue weighted by molar-refractivity contribution is 5.66. The maximum Gasteiger partial charge on any atom is 0.134 e. The van der Waals surface area contributed by atoms with Crippen molar-refractivity contribution in [3.05, 3.63) is 59.2 Å². The largest absolute Gasteiger partial charge is 0.206 e. The minimum Gasteiger partial charge on any atom is -0.206 e. The van der Waals surface area contributed by atoms with E-state index in [4.69, 9.17) is 0 Å². The molecule has 0 nitrogen and oxygen atoms in total. The summed E-state index contributed by atoms with van der Waals surface area (Å²) < 4.78 is 28.8. The van der Waals surface area contributed by atoms with Crippen LogP contribution in [0, 0.1) is 11.6 Å². The Bertz CT molecular complexity index is 645. The van der Waals surface area contributed by atoms with Crippen molar-refractivity contribution in [3.63, 3.8) is 0 Å². The smallest absolute Gasteiger partial charge is 0.134 e. The van der Waals surface area contributed by atoms with Gasteiger partial charge in [-0.15, -0.1) is 0 Å². The molecule has 0 bridgehead atoms. The molecular formula is C20H24F2. The summed E-state index contributed by atoms with van der Waals surface area (Å²) >= 11 is 0. The van der Waals surface area contributed by atoms with Crippen molar-refractivity contribution in [2.24, 2.45) is 0 Å². The van der Waals surface area contributed by atoms with Crippen molar-refractivity contribution in [2.45, 2.75) is 52.4 Å². The first-order chi connectivity index (χ1) is 10.00. The molecule has 0 radical (unpaired) electrons. The van der Waals surface area contributed by atoms with Crippen LogP contribution in [0.25, 0.3) is 11.1 Å². The van der Waals surface area contributed by atoms with Gasteiger partial charge >= 0.3 is 0 Å². The van der Waals surface area contributed by atoms with E-state index >= 15 is 0 Å². The van der Waals surface area contributed by atoms with E-state index in [2.05, 4.69) is 20.8 Å². The molecule has 2 rings (SSSR count). The van der Waals surface area contributed by atoms with Gasteiger partial charge < -0.3 is 0 Å². The molecule has 0 heterocycles. The standard InChI is InChI=1S/C20H24F2/c1-19(2,3)14-9-7-13(8-10-14)18-16(21)11-15(12-17(18)22)20(4,5)6/h7-12H,1-6H3. The topological polar surface area (TPSA) is 0 Å². The molecule has 0 fully saturated rings. The summed E-state index contributed by atoms with van der Waals surface area (Å²) in [6.45, 7) is 12.2. The molecule has 0 aromatic heterocycles. The van der Waals surface area contributed by atoms with Gasteiger partial charge in [-0.05, 0) is 39.7 Å². The summed E-state index contributed by atoms with van der Waals surface area (Å²) in [7, 11) is 0. The van der Waals surface area contributed by atoms with Crippen LogP contribution in [0.3, 0.4) is 0 Å². The molecule has 0 aliphatic rings. The van der Waals surface area contributed by atoms with Gasteiger partial charge in [0.2, 0.25) is 0 Å². The second-order valence-corrected chi connectivity index (χ2v) is 7.89. The van der Waals surface area contributed by atoms with Gasteiger partial charge in [-0.25, -0.2) is 8.78 Å². The number of benzene rings is 2. The SMILES string of the molecule is CC(C)(C)c1ccc(-c2c(F)cc(C(C)(C)C)cc2F)cc1. The van der Waals surface area contributed by atoms with E-state index in [1.807, 2.05) is 32.9 Å². The molecule has 0 atom stereocenters. The highest BCUT2D eigenvalue weighted by Gasteiger charge is 2.20. The van der Waals surface area contributed by atoms with E-state index in [0.29, 0.717) is 11.1 Å². The summed E-state index contributed by atoms with van der Waals surface area (Å²) in [4.78, 5) is 0. The zero-order valence-corrected chi connectivity index (χ0v) is 14.2. The Balaban J connectivity index is 2.50. The molecule has 0 spiro atoms. The van der Waals surface area contributed by atoms with Gasteiger partial charge in [-0.2, -0.15) is 0 Å². The first-order valence-electron chi connectivity index (χ1n) is 7.60. The Labute approximate surface area is 132 Å². The molecule has 0 saturated heterocycles. The van der Waals surface area contributed by atoms with Crippen LogP contribution in [0.2, 0.25) is 0 Å². The predicted octanol–water partition coefficient (Wildman–Crippen LogP) is 6.23. The van der Waals surface area contributed by atoms with Gasteiger partial charge in [0.1, 0.15) is 11.6 Å². The van der Waals surface area contributed by atoms with Gasteiger partial charge in [-0.1, -0.05) is 65.8 Å². The summed E-state index contributed by atoms with van der Waals surface area (Å²) in [5.41, 5.74) is 2.17. The third kappa shape index (κ3) is 3.37. The monoisotopic (exact) mass is 302 g/mol. The fraction of sp³-hybridized carbons (Fsp3) is 0.400. The molecule has 22 heavy (non-hydrogen) atoms. The Morgan fingerprint density at radius 3 is 1.41 bits per heavy atom. The number of hydrogen-bond donors (Lipinski definition) is 0. The molecule has 2 heteroatoms. The Kier molecular flexibility index (Phi) is 4.16. The van der Waals surface area contributed by atoms with Crippen LogP contribution in [0.15, 0.2) is 36.4 Å². The summed E-state index contributed by atoms with van der Waals surface area (Å²) in [6.07, 6.45) is 0. The molecule has 2 aromatic carbocycles. The minimum atomic E-state index is -0.506. The third-order valence-electron chi connectivity index (χ3n) is 3.95. The van der Waals surface area contributed by atoms with Crippen molar-refractivity contribution < 1.29 is 8.78 Å². The first kappa shape index (κ1) is 16.7. The minimum absolute atomic E-state index is 0.0196. The van der Waals surface area contributed by atoms with Crippen molar-refractivity contribution in [1.29, 1.82) is 0 Å². The Morgan fingerprint density at radius 2 is 1.05 bits per heavy atom. The fourth-order valence-corrected chi connectivity index (χ4v) is 2.42. The maximum atomic E-state index is 14.4. The van der Waals surface area contributed by atoms with Crippen molar-refractivity contribution >= 4 is 0 Å². The molecule has 0 amide bonds. The lowest BCUT2D eigenvalue weighted by Gasteiger charge is -2.21. The van der Waals surface area contributed by atoms with Crippen LogP contribution in [0.4, 0.5) is 8.78 Å². The zero-order chi connectivity index (χ0) is 16.7. The number of hydrogen-bond acceptors (Lipinski definition) is 0. The molecule has 2 aromatic rings. The van der Waals surface area contributed by atoms with Gasteiger partial charge in [0.15, 0.2) is 0 Å². The zero-order valence-electron chi connectivity index (χ0n) is 14.2. The van der Waals surface area contributed by atoms with E-state index < -0.39 is 11.6 Å². The molecule has 0 aliphatic heterocycles. The molecule has 0 saturated carbocycles. The summed E-state index contributed by atoms with van der Waals surface area (Å²) in [5, 5.41) is 0. The third-order valence-corrected chi connectivity index (χ3v) is 3.95. The lowest BCUT2D eigenvalue weighted by Crippen LogP contribution is -2.12. The number of rotatable bonds is 1. The molecule has 118 valence electrons. The maximum absolute atomic E-state index is 14.4. The van der Waals surface area contributed by atoms with Gasteiger partial charge in [0.05, 0.1) is 5.56 Å². The van der Waals surface area contributed by atoms with E-state index in [9.17, 15) is 8.78 Å². The lowest BCUT2D eigenvalue weighted by atomic mass is 9.84. The van der Waals surface area contributed by atoms with Gasteiger partial charge in [0.25, 0.3) is 0 Å². The highest BCUT2D eigenvalue weighted by Crippen LogP contribution is 2.33. The summed E-state index contributed by atoms with van der Waals surface area (Å²) in [5.74, 6) is -1.01. The fourth-order valence-electron chi connectivity index (χ4n) is 2.42. The van der Waals surface area contributed by atoms with Gasteiger partial charge in [0, 0.05) is 0 Å². The quantitative estimate of drug-likeness (QED) is 0.586. The summed E-state index contributed by atoms with van der Waals surface area (Å²) in [6, 6.07) is 10.3. The van der Waals surface area contributed by atoms with Crippen LogP contribution >= 0.6 is 0 Å². The average molecular weight is 302 g/mol. The Hall–Kier alpha value is -1.70. The second-order valence-electron chi connectivity index (χ2n) is 7.89. The van der Waals surface area contributed by atoms with Crippen LogP contribution in [-0.4, -0.2) is 0 Å². The number of halogens is 2. The predicted molar refractivity (Wildman–Crippen MR) is 89.2 cm³/mol. The van der Waals surface area contributed by atoms with Crippen LogP contribution in [-0.2, 0) is 10.8 Å². The normalized spacial score (nSPS) is 12.5. The van der Waals surface area contributed by atoms with E-state index in [1.165, 1.54) is 12.1 Å². The van der Waals surface area contributed by atoms with Crippen LogP contribution in [0.5, 0.6) is 0 Å².